The molecule has 1 aromatic carbocycles. The van der Waals surface area contributed by atoms with Crippen LogP contribution in [0.4, 0.5) is 0 Å². The maximum Gasteiger partial charge on any atom is 0.241 e. The van der Waals surface area contributed by atoms with Crippen molar-refractivity contribution in [2.45, 2.75) is 43.8 Å². The first kappa shape index (κ1) is 23.7. The molecule has 1 saturated heterocycles. The highest BCUT2D eigenvalue weighted by atomic mass is 35.5. The summed E-state index contributed by atoms with van der Waals surface area (Å²) in [7, 11) is -3.49. The lowest BCUT2D eigenvalue weighted by Crippen LogP contribution is -2.57. The van der Waals surface area contributed by atoms with Gasteiger partial charge in [0.25, 0.3) is 0 Å². The van der Waals surface area contributed by atoms with E-state index >= 15 is 0 Å². The van der Waals surface area contributed by atoms with Gasteiger partial charge in [0.1, 0.15) is 12.4 Å². The molecule has 1 heterocycles. The van der Waals surface area contributed by atoms with E-state index in [9.17, 15) is 13.2 Å². The SMILES string of the molecule is CC(C)(C)c1cccc(OCCNC(=O)C2(S(C)(=O)=O)CCNCC2)c1.Cl. The third-order valence-corrected chi connectivity index (χ3v) is 6.90. The quantitative estimate of drug-likeness (QED) is 0.691. The molecule has 2 N–H and O–H groups in total. The molecule has 1 aromatic rings. The van der Waals surface area contributed by atoms with Gasteiger partial charge < -0.3 is 15.4 Å². The Kier molecular flexibility index (Phi) is 8.14. The fraction of sp³-hybridized carbons (Fsp3) is 0.632. The number of rotatable bonds is 6. The van der Waals surface area contributed by atoms with Crippen molar-refractivity contribution in [2.75, 3.05) is 32.5 Å². The van der Waals surface area contributed by atoms with Crippen LogP contribution in [0.25, 0.3) is 0 Å². The van der Waals surface area contributed by atoms with E-state index in [1.807, 2.05) is 18.2 Å². The van der Waals surface area contributed by atoms with Gasteiger partial charge in [-0.2, -0.15) is 0 Å². The minimum absolute atomic E-state index is 0. The molecular formula is C19H31ClN2O4S. The summed E-state index contributed by atoms with van der Waals surface area (Å²) < 4.78 is 28.8. The van der Waals surface area contributed by atoms with Gasteiger partial charge in [-0.05, 0) is 49.0 Å². The zero-order valence-electron chi connectivity index (χ0n) is 16.5. The number of hydrogen-bond donors (Lipinski definition) is 2. The monoisotopic (exact) mass is 418 g/mol. The van der Waals surface area contributed by atoms with Gasteiger partial charge in [-0.1, -0.05) is 32.9 Å². The van der Waals surface area contributed by atoms with Crippen molar-refractivity contribution in [3.63, 3.8) is 0 Å². The van der Waals surface area contributed by atoms with Gasteiger partial charge in [0, 0.05) is 6.26 Å². The van der Waals surface area contributed by atoms with E-state index in [0.29, 0.717) is 25.9 Å². The van der Waals surface area contributed by atoms with Crippen LogP contribution in [0.1, 0.15) is 39.2 Å². The van der Waals surface area contributed by atoms with Crippen LogP contribution in [0.2, 0.25) is 0 Å². The maximum absolute atomic E-state index is 12.6. The van der Waals surface area contributed by atoms with Crippen molar-refractivity contribution < 1.29 is 17.9 Å². The van der Waals surface area contributed by atoms with Gasteiger partial charge in [-0.25, -0.2) is 8.42 Å². The lowest BCUT2D eigenvalue weighted by molar-refractivity contribution is -0.124. The standard InChI is InChI=1S/C19H30N2O4S.ClH/c1-18(2,3)15-6-5-7-16(14-15)25-13-12-21-17(22)19(26(4,23)24)8-10-20-11-9-19;/h5-7,14,20H,8-13H2,1-4H3,(H,21,22);1H. The van der Waals surface area contributed by atoms with E-state index in [0.717, 1.165) is 12.0 Å². The van der Waals surface area contributed by atoms with Gasteiger partial charge in [0.15, 0.2) is 14.6 Å². The number of ether oxygens (including phenoxy) is 1. The Morgan fingerprint density at radius 3 is 2.44 bits per heavy atom. The molecule has 0 aromatic heterocycles. The third-order valence-electron chi connectivity index (χ3n) is 4.89. The molecule has 0 aliphatic carbocycles. The lowest BCUT2D eigenvalue weighted by Gasteiger charge is -2.34. The van der Waals surface area contributed by atoms with Crippen LogP contribution in [-0.4, -0.2) is 51.6 Å². The summed E-state index contributed by atoms with van der Waals surface area (Å²) in [5, 5.41) is 5.85. The number of benzene rings is 1. The molecule has 27 heavy (non-hydrogen) atoms. The fourth-order valence-corrected chi connectivity index (χ4v) is 4.50. The molecule has 0 saturated carbocycles. The summed E-state index contributed by atoms with van der Waals surface area (Å²) in [4.78, 5) is 12.6. The smallest absolute Gasteiger partial charge is 0.241 e. The second-order valence-electron chi connectivity index (χ2n) is 7.90. The molecule has 1 amide bonds. The Balaban J connectivity index is 0.00000364. The minimum atomic E-state index is -3.49. The van der Waals surface area contributed by atoms with Crippen molar-refractivity contribution >= 4 is 28.2 Å². The zero-order valence-corrected chi connectivity index (χ0v) is 18.1. The molecular weight excluding hydrogens is 388 g/mol. The molecule has 6 nitrogen and oxygen atoms in total. The highest BCUT2D eigenvalue weighted by Crippen LogP contribution is 2.28. The van der Waals surface area contributed by atoms with Gasteiger partial charge in [-0.15, -0.1) is 12.4 Å². The molecule has 0 spiro atoms. The number of piperidine rings is 1. The van der Waals surface area contributed by atoms with Gasteiger partial charge >= 0.3 is 0 Å². The van der Waals surface area contributed by atoms with Crippen LogP contribution in [0.15, 0.2) is 24.3 Å². The van der Waals surface area contributed by atoms with Crippen molar-refractivity contribution in [3.8, 4) is 5.75 Å². The Hall–Kier alpha value is -1.31. The maximum atomic E-state index is 12.6. The second-order valence-corrected chi connectivity index (χ2v) is 10.2. The third kappa shape index (κ3) is 5.83. The average molecular weight is 419 g/mol. The average Bonchev–Trinajstić information content (AvgIpc) is 2.57. The van der Waals surface area contributed by atoms with E-state index in [2.05, 4.69) is 37.5 Å². The van der Waals surface area contributed by atoms with Crippen LogP contribution < -0.4 is 15.4 Å². The van der Waals surface area contributed by atoms with E-state index in [-0.39, 0.29) is 31.0 Å². The molecule has 1 aliphatic heterocycles. The zero-order chi connectivity index (χ0) is 19.4. The van der Waals surface area contributed by atoms with Gasteiger partial charge in [0.2, 0.25) is 5.91 Å². The van der Waals surface area contributed by atoms with Crippen LogP contribution in [0.5, 0.6) is 5.75 Å². The first-order valence-electron chi connectivity index (χ1n) is 8.98. The Labute approximate surface area is 168 Å². The second kappa shape index (κ2) is 9.26. The van der Waals surface area contributed by atoms with Gasteiger partial charge in [-0.3, -0.25) is 4.79 Å². The predicted molar refractivity (Wildman–Crippen MR) is 111 cm³/mol. The number of carbonyl (C=O) groups is 1. The van der Waals surface area contributed by atoms with Crippen LogP contribution in [0.3, 0.4) is 0 Å². The largest absolute Gasteiger partial charge is 0.492 e. The summed E-state index contributed by atoms with van der Waals surface area (Å²) in [5.74, 6) is 0.319. The number of carbonyl (C=O) groups excluding carboxylic acids is 1. The highest BCUT2D eigenvalue weighted by Gasteiger charge is 2.48. The summed E-state index contributed by atoms with van der Waals surface area (Å²) in [6.45, 7) is 8.01. The number of amides is 1. The first-order chi connectivity index (χ1) is 12.1. The van der Waals surface area contributed by atoms with Gasteiger partial charge in [0.05, 0.1) is 6.54 Å². The Morgan fingerprint density at radius 2 is 1.89 bits per heavy atom. The van der Waals surface area contributed by atoms with Crippen molar-refractivity contribution in [1.82, 2.24) is 10.6 Å². The summed E-state index contributed by atoms with van der Waals surface area (Å²) in [5.41, 5.74) is 1.20. The molecule has 1 aliphatic rings. The summed E-state index contributed by atoms with van der Waals surface area (Å²) in [6.07, 6.45) is 1.74. The summed E-state index contributed by atoms with van der Waals surface area (Å²) in [6, 6.07) is 7.87. The molecule has 2 rings (SSSR count). The molecule has 8 heteroatoms. The number of sulfone groups is 1. The van der Waals surface area contributed by atoms with Crippen molar-refractivity contribution in [2.24, 2.45) is 0 Å². The Bertz CT molecular complexity index is 738. The molecule has 0 radical (unpaired) electrons. The Morgan fingerprint density at radius 1 is 1.26 bits per heavy atom. The molecule has 0 atom stereocenters. The normalized spacial score (nSPS) is 16.9. The minimum Gasteiger partial charge on any atom is -0.492 e. The van der Waals surface area contributed by atoms with E-state index in [1.54, 1.807) is 0 Å². The molecule has 154 valence electrons. The topological polar surface area (TPSA) is 84.5 Å². The molecule has 0 unspecified atom stereocenters. The number of hydrogen-bond acceptors (Lipinski definition) is 5. The fourth-order valence-electron chi connectivity index (χ4n) is 3.14. The highest BCUT2D eigenvalue weighted by molar-refractivity contribution is 7.92. The molecule has 1 fully saturated rings. The van der Waals surface area contributed by atoms with Crippen molar-refractivity contribution in [3.05, 3.63) is 29.8 Å². The van der Waals surface area contributed by atoms with E-state index < -0.39 is 20.5 Å². The first-order valence-corrected chi connectivity index (χ1v) is 10.9. The summed E-state index contributed by atoms with van der Waals surface area (Å²) >= 11 is 0. The predicted octanol–water partition coefficient (Wildman–Crippen LogP) is 2.07. The van der Waals surface area contributed by atoms with Crippen LogP contribution >= 0.6 is 12.4 Å². The van der Waals surface area contributed by atoms with Crippen LogP contribution in [0, 0.1) is 0 Å². The number of halogens is 1. The van der Waals surface area contributed by atoms with E-state index in [4.69, 9.17) is 4.74 Å². The molecule has 0 bridgehead atoms. The van der Waals surface area contributed by atoms with Crippen molar-refractivity contribution in [1.29, 1.82) is 0 Å². The van der Waals surface area contributed by atoms with Crippen LogP contribution in [-0.2, 0) is 20.0 Å². The lowest BCUT2D eigenvalue weighted by atomic mass is 9.87. The number of nitrogens with one attached hydrogen (secondary N) is 2. The van der Waals surface area contributed by atoms with E-state index in [1.165, 1.54) is 5.56 Å².